The molecular weight excluding hydrogens is 1040 g/mol. The number of nitrogens with two attached hydrogens (primary N) is 1. The number of ether oxygens (including phenoxy) is 6. The van der Waals surface area contributed by atoms with Gasteiger partial charge in [0.25, 0.3) is 0 Å². The van der Waals surface area contributed by atoms with Gasteiger partial charge in [-0.2, -0.15) is 0 Å². The van der Waals surface area contributed by atoms with Crippen LogP contribution in [-0.4, -0.2) is 121 Å². The van der Waals surface area contributed by atoms with Crippen molar-refractivity contribution in [2.45, 2.75) is 334 Å². The third-order valence-electron chi connectivity index (χ3n) is 14.9. The Morgan fingerprint density at radius 3 is 1.51 bits per heavy atom. The van der Waals surface area contributed by atoms with Crippen LogP contribution < -0.4 is 21.7 Å². The van der Waals surface area contributed by atoms with Gasteiger partial charge in [0.15, 0.2) is 1.41 Å². The summed E-state index contributed by atoms with van der Waals surface area (Å²) >= 11 is 0. The van der Waals surface area contributed by atoms with Crippen LogP contribution >= 0.6 is 0 Å². The highest BCUT2D eigenvalue weighted by Crippen LogP contribution is 2.28. The molecule has 81 heavy (non-hydrogen) atoms. The van der Waals surface area contributed by atoms with E-state index in [0.29, 0.717) is 24.6 Å². The van der Waals surface area contributed by atoms with Gasteiger partial charge in [0.2, 0.25) is 29.9 Å². The molecule has 0 radical (unpaired) electrons. The highest BCUT2D eigenvalue weighted by Gasteiger charge is 2.50. The smallest absolute Gasteiger partial charge is 0.309 e. The molecule has 1 aliphatic heterocycles. The molecule has 0 aromatic rings. The van der Waals surface area contributed by atoms with E-state index >= 15 is 0 Å². The second-order valence-electron chi connectivity index (χ2n) is 22.4. The minimum Gasteiger partial charge on any atom is -0.469 e. The van der Waals surface area contributed by atoms with E-state index in [4.69, 9.17) is 30.8 Å². The van der Waals surface area contributed by atoms with E-state index in [2.05, 4.69) is 36.1 Å². The lowest BCUT2D eigenvalue weighted by Crippen LogP contribution is -2.66. The van der Waals surface area contributed by atoms with Crippen molar-refractivity contribution in [2.75, 3.05) is 13.7 Å². The highest BCUT2D eigenvalue weighted by molar-refractivity contribution is 5.92. The first-order valence-electron chi connectivity index (χ1n) is 32.1. The maximum absolute atomic E-state index is 13.8. The fourth-order valence-electron chi connectivity index (χ4n) is 9.90. The van der Waals surface area contributed by atoms with Gasteiger partial charge in [-0.25, -0.2) is 0 Å². The van der Waals surface area contributed by atoms with Crippen molar-refractivity contribution >= 4 is 47.5 Å². The van der Waals surface area contributed by atoms with E-state index in [0.717, 1.165) is 84.2 Å². The Labute approximate surface area is 488 Å². The number of unbranched alkanes of at least 4 members (excludes halogenated alkanes) is 28. The Morgan fingerprint density at radius 2 is 1.05 bits per heavy atom. The average molecular weight is 1150 g/mol. The standard InChI is InChI=1S/C62H112N4O15/c1-8-11-14-17-20-23-25-28-31-34-37-40-53(69)79-49(39-36-33-30-27-22-19-16-13-10-3)44-55(71)77-45-51-57(72)58(78-47(5)61(75)64-46(4)60(74)66-50(59(63)73)42-43-52(68)76-7)56(65-48(6)67)62(80-51)81-54(70)41-38-35-32-29-26-24-21-18-15-12-9-2/h46-47,49-51,56-58,62,72H,8-45H2,1-7H3,(H2,63,73)(H,64,75)(H,65,67)(H,66,74)/t46-,47+,49+,50-,51+,56+,57+,58+,62?/m0/s1/i/hD. The number of carbonyl (C=O) groups is 8. The lowest BCUT2D eigenvalue weighted by molar-refractivity contribution is -0.275. The van der Waals surface area contributed by atoms with Crippen LogP contribution in [0.1, 0.15) is 279 Å². The summed E-state index contributed by atoms with van der Waals surface area (Å²) in [4.78, 5) is 104. The van der Waals surface area contributed by atoms with Crippen LogP contribution in [0.3, 0.4) is 0 Å². The number of carbonyl (C=O) groups excluding carboxylic acids is 8. The monoisotopic (exact) mass is 1150 g/mol. The topological polar surface area (TPSA) is 274 Å². The number of aliphatic hydroxyl groups is 1. The molecule has 1 rings (SSSR count). The van der Waals surface area contributed by atoms with Gasteiger partial charge in [-0.15, -0.1) is 0 Å². The van der Waals surface area contributed by atoms with Crippen LogP contribution in [0.15, 0.2) is 0 Å². The maximum Gasteiger partial charge on any atom is 0.309 e. The molecule has 1 saturated heterocycles. The zero-order valence-electron chi connectivity index (χ0n) is 52.3. The van der Waals surface area contributed by atoms with Crippen molar-refractivity contribution in [3.8, 4) is 0 Å². The number of rotatable bonds is 51. The highest BCUT2D eigenvalue weighted by atomic mass is 16.7. The molecule has 6 N–H and O–H groups in total. The van der Waals surface area contributed by atoms with Crippen LogP contribution in [0.25, 0.3) is 0 Å². The van der Waals surface area contributed by atoms with E-state index in [9.17, 15) is 43.5 Å². The van der Waals surface area contributed by atoms with E-state index in [1.54, 1.807) is 0 Å². The fourth-order valence-corrected chi connectivity index (χ4v) is 9.90. The Morgan fingerprint density at radius 1 is 0.593 bits per heavy atom. The predicted octanol–water partition coefficient (Wildman–Crippen LogP) is 10.5. The number of amides is 4. The lowest BCUT2D eigenvalue weighted by Gasteiger charge is -2.44. The molecule has 9 atom stereocenters. The van der Waals surface area contributed by atoms with Gasteiger partial charge in [-0.05, 0) is 46.0 Å². The summed E-state index contributed by atoms with van der Waals surface area (Å²) in [5.41, 5.74) is 5.45. The molecule has 0 aromatic carbocycles. The molecule has 0 saturated carbocycles. The minimum absolute atomic E-state index is 0.0116. The van der Waals surface area contributed by atoms with Crippen LogP contribution in [0, 0.1) is 0 Å². The third kappa shape index (κ3) is 37.5. The number of nitrogens with one attached hydrogen (secondary N) is 3. The third-order valence-corrected chi connectivity index (χ3v) is 14.9. The molecule has 0 bridgehead atoms. The summed E-state index contributed by atoms with van der Waals surface area (Å²) in [5.74, 6) is -6.07. The summed E-state index contributed by atoms with van der Waals surface area (Å²) in [6.45, 7) is 9.65. The second-order valence-corrected chi connectivity index (χ2v) is 22.4. The lowest BCUT2D eigenvalue weighted by atomic mass is 9.96. The predicted molar refractivity (Wildman–Crippen MR) is 312 cm³/mol. The SMILES string of the molecule is [2H]N(C(=O)[C@@H](C)O[C@H]1[C@H](O)[C@@H](COC(=O)C[C@@H](CCCCCCCCCCC)OC(=O)CCCCCCCCCCCCC)OC(OC(=O)CCCCCCCCCCCCC)[C@@H]1NC(C)=O)[C@@H](C)C(=O)N[C@@H](CCC(=O)OC)C(N)=O. The molecule has 1 heterocycles. The summed E-state index contributed by atoms with van der Waals surface area (Å²) in [7, 11) is 1.16. The number of primary amides is 1. The molecule has 0 aromatic heterocycles. The zero-order chi connectivity index (χ0) is 60.9. The molecule has 0 spiro atoms. The van der Waals surface area contributed by atoms with Crippen molar-refractivity contribution in [1.29, 1.82) is 0 Å². The number of hydrogen-bond acceptors (Lipinski definition) is 15. The minimum atomic E-state index is -1.76. The van der Waals surface area contributed by atoms with Crippen molar-refractivity contribution in [3.63, 3.8) is 0 Å². The van der Waals surface area contributed by atoms with Gasteiger partial charge < -0.3 is 55.2 Å². The molecule has 4 amide bonds. The molecule has 19 nitrogen and oxygen atoms in total. The summed E-state index contributed by atoms with van der Waals surface area (Å²) < 4.78 is 42.9. The number of hydrogen-bond donors (Lipinski definition) is 5. The van der Waals surface area contributed by atoms with Crippen LogP contribution in [-0.2, 0) is 66.8 Å². The molecule has 0 aliphatic carbocycles. The molecule has 1 fully saturated rings. The van der Waals surface area contributed by atoms with Crippen molar-refractivity contribution in [2.24, 2.45) is 5.73 Å². The van der Waals surface area contributed by atoms with Crippen LogP contribution in [0.2, 0.25) is 1.41 Å². The largest absolute Gasteiger partial charge is 0.469 e. The number of methoxy groups -OCH3 is 1. The number of aliphatic hydroxyl groups excluding tert-OH is 1. The average Bonchev–Trinajstić information content (AvgIpc) is 3.65. The van der Waals surface area contributed by atoms with Crippen LogP contribution in [0.5, 0.6) is 0 Å². The van der Waals surface area contributed by atoms with Crippen molar-refractivity contribution in [3.05, 3.63) is 0 Å². The summed E-state index contributed by atoms with van der Waals surface area (Å²) in [6, 6.07) is -4.29. The van der Waals surface area contributed by atoms with Gasteiger partial charge in [-0.1, -0.05) is 201 Å². The first-order chi connectivity index (χ1) is 39.4. The molecule has 1 aliphatic rings. The van der Waals surface area contributed by atoms with E-state index in [1.165, 1.54) is 130 Å². The Kier molecular flexibility index (Phi) is 43.2. The zero-order valence-corrected chi connectivity index (χ0v) is 51.3. The molecule has 19 heteroatoms. The number of esters is 4. The van der Waals surface area contributed by atoms with Gasteiger partial charge >= 0.3 is 23.9 Å². The van der Waals surface area contributed by atoms with E-state index in [1.807, 2.05) is 0 Å². The van der Waals surface area contributed by atoms with Crippen molar-refractivity contribution < 1.29 is 73.3 Å². The van der Waals surface area contributed by atoms with Gasteiger partial charge in [0.05, 0.1) is 13.5 Å². The molecule has 1 unspecified atom stereocenters. The van der Waals surface area contributed by atoms with Gasteiger partial charge in [-0.3, -0.25) is 38.4 Å². The molecule has 470 valence electrons. The summed E-state index contributed by atoms with van der Waals surface area (Å²) in [5, 5.41) is 17.2. The second kappa shape index (κ2) is 48.1. The summed E-state index contributed by atoms with van der Waals surface area (Å²) in [6.07, 6.45) is 25.2. The normalized spacial score (nSPS) is 18.6. The maximum atomic E-state index is 13.8. The Hall–Kier alpha value is -4.36. The van der Waals surface area contributed by atoms with Crippen molar-refractivity contribution in [1.82, 2.24) is 15.9 Å². The van der Waals surface area contributed by atoms with E-state index in [-0.39, 0.29) is 38.1 Å². The van der Waals surface area contributed by atoms with Gasteiger partial charge in [0, 0.05) is 26.2 Å². The Bertz CT molecular complexity index is 1780. The Balaban J connectivity index is 3.27. The first-order valence-corrected chi connectivity index (χ1v) is 31.7. The molecular formula is C62H112N4O15. The first kappa shape index (κ1) is 72.7. The fraction of sp³-hybridized carbons (Fsp3) is 0.871. The van der Waals surface area contributed by atoms with E-state index < -0.39 is 103 Å². The van der Waals surface area contributed by atoms with Crippen LogP contribution in [0.4, 0.5) is 0 Å². The van der Waals surface area contributed by atoms with Gasteiger partial charge in [0.1, 0.15) is 55.3 Å². The quantitative estimate of drug-likeness (QED) is 0.0215.